The summed E-state index contributed by atoms with van der Waals surface area (Å²) in [6, 6.07) is 7.42. The summed E-state index contributed by atoms with van der Waals surface area (Å²) < 4.78 is 10.1. The highest BCUT2D eigenvalue weighted by molar-refractivity contribution is 14.0. The SMILES string of the molecule is CCc1noc(CC)c1CNC(=NC)NCCc1ccc(C(=O)OC)cc1.I. The van der Waals surface area contributed by atoms with Crippen molar-refractivity contribution in [3.63, 3.8) is 0 Å². The number of halogens is 1. The van der Waals surface area contributed by atoms with Gasteiger partial charge in [-0.05, 0) is 30.5 Å². The van der Waals surface area contributed by atoms with Gasteiger partial charge in [-0.2, -0.15) is 0 Å². The molecular weight excluding hydrogens is 471 g/mol. The Bertz CT molecular complexity index is 751. The van der Waals surface area contributed by atoms with Crippen molar-refractivity contribution in [3.8, 4) is 0 Å². The highest BCUT2D eigenvalue weighted by Gasteiger charge is 2.13. The number of rotatable bonds is 8. The second kappa shape index (κ2) is 12.4. The van der Waals surface area contributed by atoms with E-state index in [1.165, 1.54) is 7.11 Å². The van der Waals surface area contributed by atoms with Crippen LogP contribution in [0.3, 0.4) is 0 Å². The lowest BCUT2D eigenvalue weighted by Crippen LogP contribution is -2.38. The van der Waals surface area contributed by atoms with Gasteiger partial charge in [-0.1, -0.05) is 31.1 Å². The van der Waals surface area contributed by atoms with E-state index < -0.39 is 0 Å². The monoisotopic (exact) mass is 500 g/mol. The van der Waals surface area contributed by atoms with Gasteiger partial charge >= 0.3 is 5.97 Å². The number of guanidine groups is 1. The van der Waals surface area contributed by atoms with Crippen LogP contribution in [0.15, 0.2) is 33.8 Å². The summed E-state index contributed by atoms with van der Waals surface area (Å²) in [5, 5.41) is 10.7. The van der Waals surface area contributed by atoms with Crippen molar-refractivity contribution < 1.29 is 14.1 Å². The predicted octanol–water partition coefficient (Wildman–Crippen LogP) is 3.11. The molecule has 2 aromatic rings. The van der Waals surface area contributed by atoms with Gasteiger partial charge in [0.1, 0.15) is 5.76 Å². The first-order chi connectivity index (χ1) is 13.1. The topological polar surface area (TPSA) is 88.8 Å². The quantitative estimate of drug-likeness (QED) is 0.251. The first-order valence-corrected chi connectivity index (χ1v) is 9.20. The lowest BCUT2D eigenvalue weighted by molar-refractivity contribution is 0.0600. The summed E-state index contributed by atoms with van der Waals surface area (Å²) in [6.45, 7) is 5.48. The minimum Gasteiger partial charge on any atom is -0.465 e. The highest BCUT2D eigenvalue weighted by atomic mass is 127. The molecule has 7 nitrogen and oxygen atoms in total. The summed E-state index contributed by atoms with van der Waals surface area (Å²) in [4.78, 5) is 15.7. The second-order valence-electron chi connectivity index (χ2n) is 6.03. The molecule has 8 heteroatoms. The number of carbonyl (C=O) groups excluding carboxylic acids is 1. The van der Waals surface area contributed by atoms with Gasteiger partial charge in [0.25, 0.3) is 0 Å². The van der Waals surface area contributed by atoms with Crippen LogP contribution in [-0.4, -0.2) is 37.8 Å². The molecule has 1 aromatic heterocycles. The van der Waals surface area contributed by atoms with Crippen molar-refractivity contribution in [2.45, 2.75) is 39.7 Å². The number of ether oxygens (including phenoxy) is 1. The van der Waals surface area contributed by atoms with Gasteiger partial charge in [0.15, 0.2) is 5.96 Å². The molecule has 0 saturated carbocycles. The van der Waals surface area contributed by atoms with Crippen molar-refractivity contribution in [1.29, 1.82) is 0 Å². The lowest BCUT2D eigenvalue weighted by Gasteiger charge is -2.12. The molecule has 0 atom stereocenters. The number of benzene rings is 1. The summed E-state index contributed by atoms with van der Waals surface area (Å²) in [6.07, 6.45) is 2.47. The van der Waals surface area contributed by atoms with E-state index in [4.69, 9.17) is 9.26 Å². The fraction of sp³-hybridized carbons (Fsp3) is 0.450. The van der Waals surface area contributed by atoms with Crippen LogP contribution < -0.4 is 10.6 Å². The predicted molar refractivity (Wildman–Crippen MR) is 120 cm³/mol. The van der Waals surface area contributed by atoms with Crippen molar-refractivity contribution in [2.24, 2.45) is 4.99 Å². The Morgan fingerprint density at radius 3 is 2.46 bits per heavy atom. The maximum absolute atomic E-state index is 11.5. The molecule has 0 spiro atoms. The van der Waals surface area contributed by atoms with E-state index in [1.54, 1.807) is 19.2 Å². The van der Waals surface area contributed by atoms with Crippen molar-refractivity contribution in [1.82, 2.24) is 15.8 Å². The Morgan fingerprint density at radius 2 is 1.89 bits per heavy atom. The number of aryl methyl sites for hydroxylation is 2. The molecular formula is C20H29IN4O3. The number of aromatic nitrogens is 1. The van der Waals surface area contributed by atoms with Crippen LogP contribution in [0.4, 0.5) is 0 Å². The van der Waals surface area contributed by atoms with Gasteiger partial charge in [0.2, 0.25) is 0 Å². The standard InChI is InChI=1S/C20H28N4O3.HI/c1-5-17-16(18(6-2)27-24-17)13-23-20(21-3)22-12-11-14-7-9-15(10-8-14)19(25)26-4;/h7-10H,5-6,11-13H2,1-4H3,(H2,21,22,23);1H. The number of aliphatic imine (C=N–C) groups is 1. The summed E-state index contributed by atoms with van der Waals surface area (Å²) in [7, 11) is 3.13. The van der Waals surface area contributed by atoms with E-state index in [0.717, 1.165) is 54.3 Å². The van der Waals surface area contributed by atoms with Crippen LogP contribution in [0.5, 0.6) is 0 Å². The molecule has 0 unspecified atom stereocenters. The van der Waals surface area contributed by atoms with Crippen molar-refractivity contribution in [2.75, 3.05) is 20.7 Å². The van der Waals surface area contributed by atoms with E-state index in [0.29, 0.717) is 12.1 Å². The number of methoxy groups -OCH3 is 1. The maximum atomic E-state index is 11.5. The zero-order valence-electron chi connectivity index (χ0n) is 16.9. The molecule has 2 rings (SSSR count). The fourth-order valence-electron chi connectivity index (χ4n) is 2.78. The van der Waals surface area contributed by atoms with Gasteiger partial charge in [0, 0.05) is 32.1 Å². The number of esters is 1. The lowest BCUT2D eigenvalue weighted by atomic mass is 10.1. The minimum atomic E-state index is -0.323. The molecule has 1 aromatic carbocycles. The Labute approximate surface area is 183 Å². The molecule has 0 aliphatic heterocycles. The highest BCUT2D eigenvalue weighted by Crippen LogP contribution is 2.15. The van der Waals surface area contributed by atoms with Crippen LogP contribution in [0.1, 0.15) is 46.8 Å². The molecule has 28 heavy (non-hydrogen) atoms. The molecule has 0 radical (unpaired) electrons. The zero-order chi connectivity index (χ0) is 19.6. The van der Waals surface area contributed by atoms with E-state index in [9.17, 15) is 4.79 Å². The van der Waals surface area contributed by atoms with E-state index in [1.807, 2.05) is 12.1 Å². The summed E-state index contributed by atoms with van der Waals surface area (Å²) in [5.41, 5.74) is 3.78. The Hall–Kier alpha value is -2.10. The molecule has 0 fully saturated rings. The number of hydrogen-bond donors (Lipinski definition) is 2. The first-order valence-electron chi connectivity index (χ1n) is 9.20. The van der Waals surface area contributed by atoms with Crippen molar-refractivity contribution in [3.05, 3.63) is 52.4 Å². The molecule has 0 amide bonds. The third-order valence-corrected chi connectivity index (χ3v) is 4.34. The maximum Gasteiger partial charge on any atom is 0.337 e. The average Bonchev–Trinajstić information content (AvgIpc) is 3.12. The molecule has 0 bridgehead atoms. The van der Waals surface area contributed by atoms with Crippen molar-refractivity contribution >= 4 is 35.9 Å². The molecule has 154 valence electrons. The minimum absolute atomic E-state index is 0. The summed E-state index contributed by atoms with van der Waals surface area (Å²) >= 11 is 0. The van der Waals surface area contributed by atoms with Gasteiger partial charge in [-0.3, -0.25) is 4.99 Å². The third kappa shape index (κ3) is 6.50. The van der Waals surface area contributed by atoms with Gasteiger partial charge in [-0.25, -0.2) is 4.79 Å². The normalized spacial score (nSPS) is 10.9. The van der Waals surface area contributed by atoms with Gasteiger partial charge < -0.3 is 19.9 Å². The van der Waals surface area contributed by atoms with E-state index in [2.05, 4.69) is 34.6 Å². The number of carbonyl (C=O) groups is 1. The number of nitrogens with zero attached hydrogens (tertiary/aromatic N) is 2. The zero-order valence-corrected chi connectivity index (χ0v) is 19.2. The number of nitrogens with one attached hydrogen (secondary N) is 2. The molecule has 0 saturated heterocycles. The second-order valence-corrected chi connectivity index (χ2v) is 6.03. The first kappa shape index (κ1) is 23.9. The molecule has 0 aliphatic rings. The number of hydrogen-bond acceptors (Lipinski definition) is 5. The van der Waals surface area contributed by atoms with Gasteiger partial charge in [-0.15, -0.1) is 24.0 Å². The van der Waals surface area contributed by atoms with Crippen LogP contribution in [-0.2, 0) is 30.5 Å². The molecule has 1 heterocycles. The van der Waals surface area contributed by atoms with Crippen LogP contribution in [0.25, 0.3) is 0 Å². The van der Waals surface area contributed by atoms with Gasteiger partial charge in [0.05, 0.1) is 18.4 Å². The molecule has 2 N–H and O–H groups in total. The molecule has 0 aliphatic carbocycles. The van der Waals surface area contributed by atoms with E-state index >= 15 is 0 Å². The fourth-order valence-corrected chi connectivity index (χ4v) is 2.78. The summed E-state index contributed by atoms with van der Waals surface area (Å²) in [5.74, 6) is 1.32. The van der Waals surface area contributed by atoms with Crippen LogP contribution in [0.2, 0.25) is 0 Å². The Balaban J connectivity index is 0.00000392. The Morgan fingerprint density at radius 1 is 1.18 bits per heavy atom. The third-order valence-electron chi connectivity index (χ3n) is 4.34. The van der Waals surface area contributed by atoms with Crippen LogP contribution in [0, 0.1) is 0 Å². The Kier molecular flexibility index (Phi) is 10.6. The largest absolute Gasteiger partial charge is 0.465 e. The average molecular weight is 500 g/mol. The smallest absolute Gasteiger partial charge is 0.337 e. The van der Waals surface area contributed by atoms with Crippen LogP contribution >= 0.6 is 24.0 Å². The van der Waals surface area contributed by atoms with E-state index in [-0.39, 0.29) is 29.9 Å².